The zero-order chi connectivity index (χ0) is 17.6. The maximum Gasteiger partial charge on any atom is 0.0639 e. The van der Waals surface area contributed by atoms with Crippen LogP contribution in [0, 0.1) is 20.8 Å². The molecule has 0 heterocycles. The third-order valence-corrected chi connectivity index (χ3v) is 4.24. The van der Waals surface area contributed by atoms with Crippen LogP contribution in [0.4, 0.5) is 11.4 Å². The Kier molecular flexibility index (Phi) is 5.30. The molecule has 3 aromatic rings. The molecule has 0 aliphatic carbocycles. The summed E-state index contributed by atoms with van der Waals surface area (Å²) in [6, 6.07) is 23.0. The van der Waals surface area contributed by atoms with Gasteiger partial charge in [-0.25, -0.2) is 0 Å². The number of aryl methyl sites for hydroxylation is 3. The van der Waals surface area contributed by atoms with E-state index < -0.39 is 0 Å². The molecule has 126 valence electrons. The maximum absolute atomic E-state index is 4.61. The lowest BCUT2D eigenvalue weighted by atomic mass is 10.0. The average Bonchev–Trinajstić information content (AvgIpc) is 2.60. The van der Waals surface area contributed by atoms with E-state index in [1.807, 2.05) is 30.5 Å². The summed E-state index contributed by atoms with van der Waals surface area (Å²) >= 11 is 0. The van der Waals surface area contributed by atoms with Crippen LogP contribution >= 0.6 is 0 Å². The fraction of sp³-hybridized carbons (Fsp3) is 0.174. The van der Waals surface area contributed by atoms with Crippen LogP contribution in [0.1, 0.15) is 27.8 Å². The normalized spacial score (nSPS) is 11.0. The maximum atomic E-state index is 4.61. The Labute approximate surface area is 150 Å². The SMILES string of the molecule is Cc1cc(C)c(Nc2ccccc2C=NCc2ccccc2)c(C)c1. The summed E-state index contributed by atoms with van der Waals surface area (Å²) in [4.78, 5) is 4.61. The van der Waals surface area contributed by atoms with Crippen molar-refractivity contribution in [1.82, 2.24) is 0 Å². The highest BCUT2D eigenvalue weighted by atomic mass is 14.9. The van der Waals surface area contributed by atoms with Crippen LogP contribution in [0.25, 0.3) is 0 Å². The zero-order valence-electron chi connectivity index (χ0n) is 15.1. The molecule has 2 nitrogen and oxygen atoms in total. The molecule has 0 aliphatic heterocycles. The number of para-hydroxylation sites is 1. The van der Waals surface area contributed by atoms with Gasteiger partial charge >= 0.3 is 0 Å². The van der Waals surface area contributed by atoms with Crippen LogP contribution in [0.2, 0.25) is 0 Å². The summed E-state index contributed by atoms with van der Waals surface area (Å²) in [6.45, 7) is 7.12. The minimum absolute atomic E-state index is 0.692. The van der Waals surface area contributed by atoms with Crippen molar-refractivity contribution >= 4 is 17.6 Å². The Hall–Kier alpha value is -2.87. The fourth-order valence-electron chi connectivity index (χ4n) is 3.07. The van der Waals surface area contributed by atoms with Gasteiger partial charge in [-0.3, -0.25) is 4.99 Å². The van der Waals surface area contributed by atoms with Crippen molar-refractivity contribution in [3.63, 3.8) is 0 Å². The lowest BCUT2D eigenvalue weighted by Gasteiger charge is -2.15. The quantitative estimate of drug-likeness (QED) is 0.573. The summed E-state index contributed by atoms with van der Waals surface area (Å²) in [5, 5.41) is 3.59. The molecular weight excluding hydrogens is 304 g/mol. The fourth-order valence-corrected chi connectivity index (χ4v) is 3.07. The monoisotopic (exact) mass is 328 g/mol. The predicted molar refractivity (Wildman–Crippen MR) is 108 cm³/mol. The van der Waals surface area contributed by atoms with E-state index in [9.17, 15) is 0 Å². The third-order valence-electron chi connectivity index (χ3n) is 4.24. The number of hydrogen-bond acceptors (Lipinski definition) is 2. The van der Waals surface area contributed by atoms with Crippen molar-refractivity contribution in [3.05, 3.63) is 94.5 Å². The first-order valence-electron chi connectivity index (χ1n) is 8.61. The second-order valence-corrected chi connectivity index (χ2v) is 6.44. The van der Waals surface area contributed by atoms with Gasteiger partial charge in [-0.15, -0.1) is 0 Å². The van der Waals surface area contributed by atoms with Gasteiger partial charge in [0.2, 0.25) is 0 Å². The number of nitrogens with one attached hydrogen (secondary N) is 1. The molecular formula is C23H24N2. The van der Waals surface area contributed by atoms with Gasteiger partial charge in [0.05, 0.1) is 6.54 Å². The minimum atomic E-state index is 0.692. The topological polar surface area (TPSA) is 24.4 Å². The standard InChI is InChI=1S/C23H24N2/c1-17-13-18(2)23(19(3)14-17)25-22-12-8-7-11-21(22)16-24-15-20-9-5-4-6-10-20/h4-14,16,25H,15H2,1-3H3. The molecule has 0 bridgehead atoms. The summed E-state index contributed by atoms with van der Waals surface area (Å²) in [7, 11) is 0. The predicted octanol–water partition coefficient (Wildman–Crippen LogP) is 5.97. The highest BCUT2D eigenvalue weighted by Gasteiger charge is 2.06. The Morgan fingerprint density at radius 3 is 2.20 bits per heavy atom. The molecule has 0 amide bonds. The molecule has 3 aromatic carbocycles. The highest BCUT2D eigenvalue weighted by molar-refractivity contribution is 5.89. The van der Waals surface area contributed by atoms with Crippen LogP contribution in [0.5, 0.6) is 0 Å². The van der Waals surface area contributed by atoms with Crippen molar-refractivity contribution in [3.8, 4) is 0 Å². The number of hydrogen-bond donors (Lipinski definition) is 1. The molecule has 0 saturated carbocycles. The molecule has 0 unspecified atom stereocenters. The molecule has 0 radical (unpaired) electrons. The molecule has 0 aromatic heterocycles. The molecule has 2 heteroatoms. The van der Waals surface area contributed by atoms with Gasteiger partial charge in [0.15, 0.2) is 0 Å². The molecule has 0 atom stereocenters. The van der Waals surface area contributed by atoms with Gasteiger partial charge < -0.3 is 5.32 Å². The first kappa shape index (κ1) is 17.0. The zero-order valence-corrected chi connectivity index (χ0v) is 15.1. The summed E-state index contributed by atoms with van der Waals surface area (Å²) in [5.74, 6) is 0. The summed E-state index contributed by atoms with van der Waals surface area (Å²) in [6.07, 6.45) is 1.95. The molecule has 3 rings (SSSR count). The summed E-state index contributed by atoms with van der Waals surface area (Å²) < 4.78 is 0. The lowest BCUT2D eigenvalue weighted by Crippen LogP contribution is -2.00. The summed E-state index contributed by atoms with van der Waals surface area (Å²) in [5.41, 5.74) is 8.37. The van der Waals surface area contributed by atoms with E-state index in [1.165, 1.54) is 27.9 Å². The van der Waals surface area contributed by atoms with Crippen LogP contribution in [0.15, 0.2) is 71.7 Å². The second kappa shape index (κ2) is 7.80. The number of nitrogens with zero attached hydrogens (tertiary/aromatic N) is 1. The van der Waals surface area contributed by atoms with Crippen molar-refractivity contribution in [2.24, 2.45) is 4.99 Å². The van der Waals surface area contributed by atoms with Crippen molar-refractivity contribution in [1.29, 1.82) is 0 Å². The van der Waals surface area contributed by atoms with E-state index in [0.29, 0.717) is 6.54 Å². The minimum Gasteiger partial charge on any atom is -0.355 e. The van der Waals surface area contributed by atoms with E-state index in [2.05, 4.69) is 73.5 Å². The molecule has 0 fully saturated rings. The van der Waals surface area contributed by atoms with Crippen molar-refractivity contribution in [2.75, 3.05) is 5.32 Å². The lowest BCUT2D eigenvalue weighted by molar-refractivity contribution is 1.08. The van der Waals surface area contributed by atoms with E-state index in [0.717, 1.165) is 11.3 Å². The third kappa shape index (κ3) is 4.36. The van der Waals surface area contributed by atoms with Crippen molar-refractivity contribution in [2.45, 2.75) is 27.3 Å². The molecule has 0 spiro atoms. The first-order valence-corrected chi connectivity index (χ1v) is 8.61. The Bertz CT molecular complexity index is 857. The van der Waals surface area contributed by atoms with Gasteiger partial charge in [-0.1, -0.05) is 66.2 Å². The van der Waals surface area contributed by atoms with Gasteiger partial charge in [0.25, 0.3) is 0 Å². The molecule has 25 heavy (non-hydrogen) atoms. The van der Waals surface area contributed by atoms with E-state index in [1.54, 1.807) is 0 Å². The highest BCUT2D eigenvalue weighted by Crippen LogP contribution is 2.27. The van der Waals surface area contributed by atoms with E-state index in [-0.39, 0.29) is 0 Å². The van der Waals surface area contributed by atoms with E-state index in [4.69, 9.17) is 0 Å². The number of benzene rings is 3. The van der Waals surface area contributed by atoms with Gasteiger partial charge in [-0.05, 0) is 43.5 Å². The number of aliphatic imine (C=N–C) groups is 1. The smallest absolute Gasteiger partial charge is 0.0639 e. The molecule has 0 aliphatic rings. The molecule has 0 saturated heterocycles. The van der Waals surface area contributed by atoms with Crippen LogP contribution in [-0.2, 0) is 6.54 Å². The number of anilines is 2. The van der Waals surface area contributed by atoms with E-state index >= 15 is 0 Å². The second-order valence-electron chi connectivity index (χ2n) is 6.44. The molecule has 1 N–H and O–H groups in total. The van der Waals surface area contributed by atoms with Gasteiger partial charge in [-0.2, -0.15) is 0 Å². The Morgan fingerprint density at radius 1 is 0.840 bits per heavy atom. The largest absolute Gasteiger partial charge is 0.355 e. The Morgan fingerprint density at radius 2 is 1.48 bits per heavy atom. The Balaban J connectivity index is 1.82. The van der Waals surface area contributed by atoms with Crippen LogP contribution < -0.4 is 5.32 Å². The van der Waals surface area contributed by atoms with Crippen LogP contribution in [0.3, 0.4) is 0 Å². The van der Waals surface area contributed by atoms with Crippen molar-refractivity contribution < 1.29 is 0 Å². The van der Waals surface area contributed by atoms with Gasteiger partial charge in [0, 0.05) is 23.2 Å². The van der Waals surface area contributed by atoms with Crippen LogP contribution in [-0.4, -0.2) is 6.21 Å². The first-order chi connectivity index (χ1) is 12.1. The average molecular weight is 328 g/mol. The van der Waals surface area contributed by atoms with Gasteiger partial charge in [0.1, 0.15) is 0 Å². The number of rotatable bonds is 5.